The number of benzene rings is 3. The average molecular weight is 465 g/mol. The van der Waals surface area contributed by atoms with E-state index >= 15 is 0 Å². The quantitative estimate of drug-likeness (QED) is 0.232. The lowest BCUT2D eigenvalue weighted by Crippen LogP contribution is -2.21. The molecule has 0 amide bonds. The minimum atomic E-state index is 0.726. The van der Waals surface area contributed by atoms with E-state index in [1.165, 1.54) is 5.69 Å². The topological polar surface area (TPSA) is 74.8 Å². The summed E-state index contributed by atoms with van der Waals surface area (Å²) in [4.78, 5) is 6.28. The van der Waals surface area contributed by atoms with Crippen molar-refractivity contribution in [1.82, 2.24) is 4.98 Å². The van der Waals surface area contributed by atoms with Crippen LogP contribution in [0.4, 0.5) is 28.4 Å². The summed E-state index contributed by atoms with van der Waals surface area (Å²) in [5.41, 5.74) is 5.27. The van der Waals surface area contributed by atoms with Gasteiger partial charge in [0.2, 0.25) is 0 Å². The van der Waals surface area contributed by atoms with Crippen molar-refractivity contribution in [2.45, 2.75) is 20.8 Å². The molecule has 0 aliphatic carbocycles. The number of pyridine rings is 1. The van der Waals surface area contributed by atoms with E-state index in [1.54, 1.807) is 12.4 Å². The van der Waals surface area contributed by atoms with Gasteiger partial charge in [-0.15, -0.1) is 0 Å². The second-order valence-electron chi connectivity index (χ2n) is 7.84. The Kier molecular flexibility index (Phi) is 7.91. The van der Waals surface area contributed by atoms with Crippen LogP contribution < -0.4 is 9.64 Å². The van der Waals surface area contributed by atoms with Crippen molar-refractivity contribution in [2.75, 3.05) is 18.0 Å². The first-order valence-corrected chi connectivity index (χ1v) is 11.6. The van der Waals surface area contributed by atoms with E-state index in [2.05, 4.69) is 56.3 Å². The molecule has 0 bridgehead atoms. The van der Waals surface area contributed by atoms with Crippen molar-refractivity contribution in [3.05, 3.63) is 96.8 Å². The third-order valence-corrected chi connectivity index (χ3v) is 5.43. The van der Waals surface area contributed by atoms with Gasteiger partial charge in [-0.2, -0.15) is 20.5 Å². The molecule has 7 nitrogen and oxygen atoms in total. The number of ether oxygens (including phenoxy) is 1. The van der Waals surface area contributed by atoms with Gasteiger partial charge in [-0.25, -0.2) is 0 Å². The lowest BCUT2D eigenvalue weighted by molar-refractivity contribution is 0.482. The summed E-state index contributed by atoms with van der Waals surface area (Å²) in [5, 5.41) is 17.5. The maximum atomic E-state index is 5.78. The number of azo groups is 2. The fraction of sp³-hybridized carbons (Fsp3) is 0.179. The number of rotatable bonds is 9. The van der Waals surface area contributed by atoms with Gasteiger partial charge in [-0.05, 0) is 105 Å². The predicted octanol–water partition coefficient (Wildman–Crippen LogP) is 8.86. The minimum absolute atomic E-state index is 0.726. The third-order valence-electron chi connectivity index (χ3n) is 5.43. The lowest BCUT2D eigenvalue weighted by Gasteiger charge is -2.20. The number of aryl methyl sites for hydroxylation is 1. The summed E-state index contributed by atoms with van der Waals surface area (Å²) in [6, 6.07) is 24.9. The summed E-state index contributed by atoms with van der Waals surface area (Å²) >= 11 is 0. The number of hydrogen-bond acceptors (Lipinski definition) is 7. The first-order chi connectivity index (χ1) is 17.1. The number of aromatic nitrogens is 1. The van der Waals surface area contributed by atoms with Crippen LogP contribution >= 0.6 is 0 Å². The average Bonchev–Trinajstić information content (AvgIpc) is 2.90. The van der Waals surface area contributed by atoms with Gasteiger partial charge < -0.3 is 9.64 Å². The van der Waals surface area contributed by atoms with E-state index in [-0.39, 0.29) is 0 Å². The first-order valence-electron chi connectivity index (χ1n) is 11.6. The molecular weight excluding hydrogens is 436 g/mol. The van der Waals surface area contributed by atoms with Crippen LogP contribution in [0.2, 0.25) is 0 Å². The molecular formula is C28H28N6O. The van der Waals surface area contributed by atoms with Crippen LogP contribution in [0, 0.1) is 6.92 Å². The van der Waals surface area contributed by atoms with Crippen molar-refractivity contribution < 1.29 is 4.74 Å². The Hall–Kier alpha value is -4.39. The molecule has 0 fully saturated rings. The van der Waals surface area contributed by atoms with Crippen LogP contribution in [0.5, 0.6) is 11.5 Å². The number of nitrogens with zero attached hydrogens (tertiary/aromatic N) is 6. The molecule has 4 rings (SSSR count). The Labute approximate surface area is 205 Å². The zero-order chi connectivity index (χ0) is 24.5. The molecule has 0 aliphatic heterocycles. The molecule has 1 heterocycles. The molecule has 0 saturated carbocycles. The van der Waals surface area contributed by atoms with Crippen molar-refractivity contribution in [3.63, 3.8) is 0 Å². The van der Waals surface area contributed by atoms with Gasteiger partial charge in [0.1, 0.15) is 11.5 Å². The maximum absolute atomic E-state index is 5.78. The molecule has 3 aromatic carbocycles. The minimum Gasteiger partial charge on any atom is -0.457 e. The Morgan fingerprint density at radius 2 is 1.20 bits per heavy atom. The Morgan fingerprint density at radius 3 is 1.83 bits per heavy atom. The van der Waals surface area contributed by atoms with E-state index in [9.17, 15) is 0 Å². The second-order valence-corrected chi connectivity index (χ2v) is 7.84. The molecule has 176 valence electrons. The summed E-state index contributed by atoms with van der Waals surface area (Å²) in [6.45, 7) is 8.24. The smallest absolute Gasteiger partial charge is 0.130 e. The molecule has 0 aliphatic rings. The Bertz CT molecular complexity index is 1280. The van der Waals surface area contributed by atoms with Gasteiger partial charge in [0.25, 0.3) is 0 Å². The van der Waals surface area contributed by atoms with E-state index in [1.807, 2.05) is 73.7 Å². The molecule has 1 aromatic heterocycles. The normalized spacial score (nSPS) is 11.3. The van der Waals surface area contributed by atoms with Gasteiger partial charge in [0.15, 0.2) is 0 Å². The van der Waals surface area contributed by atoms with E-state index in [0.29, 0.717) is 0 Å². The van der Waals surface area contributed by atoms with Crippen LogP contribution in [0.3, 0.4) is 0 Å². The van der Waals surface area contributed by atoms with Gasteiger partial charge in [0, 0.05) is 31.2 Å². The molecule has 7 heteroatoms. The van der Waals surface area contributed by atoms with E-state index in [4.69, 9.17) is 4.74 Å². The summed E-state index contributed by atoms with van der Waals surface area (Å²) in [6.07, 6.45) is 3.38. The van der Waals surface area contributed by atoms with Crippen molar-refractivity contribution in [1.29, 1.82) is 0 Å². The highest BCUT2D eigenvalue weighted by Gasteiger charge is 2.03. The van der Waals surface area contributed by atoms with Crippen LogP contribution in [0.1, 0.15) is 19.4 Å². The zero-order valence-electron chi connectivity index (χ0n) is 20.2. The van der Waals surface area contributed by atoms with Gasteiger partial charge in [0.05, 0.1) is 22.7 Å². The monoisotopic (exact) mass is 464 g/mol. The van der Waals surface area contributed by atoms with Crippen molar-refractivity contribution in [2.24, 2.45) is 20.5 Å². The lowest BCUT2D eigenvalue weighted by atomic mass is 10.2. The Morgan fingerprint density at radius 1 is 0.657 bits per heavy atom. The number of hydrogen-bond donors (Lipinski definition) is 0. The Balaban J connectivity index is 1.38. The summed E-state index contributed by atoms with van der Waals surface area (Å²) < 4.78 is 5.78. The molecule has 0 unspecified atom stereocenters. The second kappa shape index (κ2) is 11.7. The third kappa shape index (κ3) is 6.57. The zero-order valence-corrected chi connectivity index (χ0v) is 20.2. The fourth-order valence-electron chi connectivity index (χ4n) is 3.48. The summed E-state index contributed by atoms with van der Waals surface area (Å²) in [5.74, 6) is 1.46. The predicted molar refractivity (Wildman–Crippen MR) is 140 cm³/mol. The molecule has 4 aromatic rings. The maximum Gasteiger partial charge on any atom is 0.130 e. The van der Waals surface area contributed by atoms with Gasteiger partial charge in [-0.3, -0.25) is 4.98 Å². The SMILES string of the molecule is CCN(CC)c1ccc(N=Nc2ccc(N=Nc3ccc(Oc4ccncc4)cc3)c(C)c2)cc1. The van der Waals surface area contributed by atoms with E-state index < -0.39 is 0 Å². The molecule has 0 atom stereocenters. The van der Waals surface area contributed by atoms with Gasteiger partial charge in [-0.1, -0.05) is 0 Å². The molecule has 0 saturated heterocycles. The standard InChI is InChI=1S/C28H28N6O/c1-4-34(5-2)25-11-6-22(7-12-25)30-32-24-10-15-28(21(3)20-24)33-31-23-8-13-26(14-9-23)35-27-16-18-29-19-17-27/h6-20H,4-5H2,1-3H3. The van der Waals surface area contributed by atoms with Gasteiger partial charge >= 0.3 is 0 Å². The largest absolute Gasteiger partial charge is 0.457 e. The van der Waals surface area contributed by atoms with Crippen LogP contribution in [0.25, 0.3) is 0 Å². The van der Waals surface area contributed by atoms with E-state index in [0.717, 1.165) is 52.9 Å². The molecule has 0 N–H and O–H groups in total. The summed E-state index contributed by atoms with van der Waals surface area (Å²) in [7, 11) is 0. The fourth-order valence-corrected chi connectivity index (χ4v) is 3.48. The van der Waals surface area contributed by atoms with Crippen molar-refractivity contribution >= 4 is 28.4 Å². The van der Waals surface area contributed by atoms with Crippen LogP contribution in [0.15, 0.2) is 112 Å². The highest BCUT2D eigenvalue weighted by Crippen LogP contribution is 2.29. The molecule has 0 radical (unpaired) electrons. The van der Waals surface area contributed by atoms with Crippen molar-refractivity contribution in [3.8, 4) is 11.5 Å². The molecule has 0 spiro atoms. The molecule has 35 heavy (non-hydrogen) atoms. The van der Waals surface area contributed by atoms with Crippen LogP contribution in [-0.2, 0) is 0 Å². The highest BCUT2D eigenvalue weighted by molar-refractivity contribution is 5.55. The van der Waals surface area contributed by atoms with Crippen LogP contribution in [-0.4, -0.2) is 18.1 Å². The highest BCUT2D eigenvalue weighted by atomic mass is 16.5. The number of anilines is 1. The first kappa shape index (κ1) is 23.8.